The zero-order valence-electron chi connectivity index (χ0n) is 10.4. The maximum Gasteiger partial charge on any atom is 0.251 e. The van der Waals surface area contributed by atoms with E-state index in [1.165, 1.54) is 25.7 Å². The van der Waals surface area contributed by atoms with Crippen LogP contribution in [-0.2, 0) is 0 Å². The number of carbonyl (C=O) groups excluding carboxylic acids is 1. The van der Waals surface area contributed by atoms with Crippen molar-refractivity contribution in [1.29, 1.82) is 0 Å². The zero-order valence-corrected chi connectivity index (χ0v) is 10.4. The third kappa shape index (κ3) is 2.22. The quantitative estimate of drug-likeness (QED) is 0.859. The number of benzene rings is 1. The Morgan fingerprint density at radius 1 is 1.22 bits per heavy atom. The second-order valence-corrected chi connectivity index (χ2v) is 5.69. The van der Waals surface area contributed by atoms with Gasteiger partial charge in [0.05, 0.1) is 0 Å². The minimum atomic E-state index is -0.0298. The Balaban J connectivity index is 1.54. The van der Waals surface area contributed by atoms with Gasteiger partial charge in [-0.2, -0.15) is 0 Å². The molecule has 0 radical (unpaired) electrons. The van der Waals surface area contributed by atoms with Gasteiger partial charge < -0.3 is 10.4 Å². The van der Waals surface area contributed by atoms with Gasteiger partial charge in [0, 0.05) is 12.1 Å². The largest absolute Gasteiger partial charge is 0.508 e. The molecule has 1 amide bonds. The van der Waals surface area contributed by atoms with Crippen molar-refractivity contribution in [2.24, 2.45) is 17.8 Å². The monoisotopic (exact) mass is 245 g/mol. The van der Waals surface area contributed by atoms with Crippen molar-refractivity contribution in [3.05, 3.63) is 29.8 Å². The smallest absolute Gasteiger partial charge is 0.251 e. The topological polar surface area (TPSA) is 49.3 Å². The fraction of sp³-hybridized carbons (Fsp3) is 0.533. The number of hydrogen-bond acceptors (Lipinski definition) is 2. The van der Waals surface area contributed by atoms with Gasteiger partial charge in [0.2, 0.25) is 0 Å². The van der Waals surface area contributed by atoms with E-state index in [1.54, 1.807) is 24.3 Å². The number of carbonyl (C=O) groups is 1. The number of aromatic hydroxyl groups is 1. The summed E-state index contributed by atoms with van der Waals surface area (Å²) in [6.45, 7) is 0.806. The molecule has 1 aromatic carbocycles. The number of amides is 1. The molecule has 3 atom stereocenters. The van der Waals surface area contributed by atoms with Crippen molar-refractivity contribution < 1.29 is 9.90 Å². The van der Waals surface area contributed by atoms with E-state index in [-0.39, 0.29) is 11.7 Å². The summed E-state index contributed by atoms with van der Waals surface area (Å²) >= 11 is 0. The molecule has 3 rings (SSSR count). The van der Waals surface area contributed by atoms with E-state index in [1.807, 2.05) is 0 Å². The lowest BCUT2D eigenvalue weighted by Gasteiger charge is -2.21. The highest BCUT2D eigenvalue weighted by Gasteiger charge is 2.39. The number of phenols is 1. The van der Waals surface area contributed by atoms with Crippen LogP contribution in [0.4, 0.5) is 0 Å². The van der Waals surface area contributed by atoms with Gasteiger partial charge in [-0.25, -0.2) is 0 Å². The Bertz CT molecular complexity index is 440. The summed E-state index contributed by atoms with van der Waals surface area (Å²) in [6.07, 6.45) is 5.41. The first-order valence-corrected chi connectivity index (χ1v) is 6.79. The van der Waals surface area contributed by atoms with E-state index in [0.717, 1.165) is 18.4 Å². The van der Waals surface area contributed by atoms with Crippen LogP contribution in [0.2, 0.25) is 0 Å². The molecule has 2 N–H and O–H groups in total. The van der Waals surface area contributed by atoms with Gasteiger partial charge in [-0.1, -0.05) is 6.42 Å². The van der Waals surface area contributed by atoms with Crippen LogP contribution in [0, 0.1) is 17.8 Å². The van der Waals surface area contributed by atoms with Crippen LogP contribution in [0.3, 0.4) is 0 Å². The summed E-state index contributed by atoms with van der Waals surface area (Å²) < 4.78 is 0. The van der Waals surface area contributed by atoms with Gasteiger partial charge in [-0.3, -0.25) is 4.79 Å². The minimum absolute atomic E-state index is 0.0298. The molecule has 0 saturated heterocycles. The van der Waals surface area contributed by atoms with Crippen LogP contribution in [0.15, 0.2) is 24.3 Å². The standard InChI is InChI=1S/C15H19NO2/c17-14-5-3-11(4-6-14)15(18)16-9-13-8-10-1-2-12(13)7-10/h3-6,10,12-13,17H,1-2,7-9H2,(H,16,18). The number of phenolic OH excluding ortho intramolecular Hbond substituents is 1. The maximum absolute atomic E-state index is 11.9. The summed E-state index contributed by atoms with van der Waals surface area (Å²) in [4.78, 5) is 11.9. The fourth-order valence-corrected chi connectivity index (χ4v) is 3.57. The molecule has 2 aliphatic rings. The second kappa shape index (κ2) is 4.63. The maximum atomic E-state index is 11.9. The molecule has 2 aliphatic carbocycles. The molecular formula is C15H19NO2. The third-order valence-electron chi connectivity index (χ3n) is 4.54. The number of hydrogen-bond donors (Lipinski definition) is 2. The third-order valence-corrected chi connectivity index (χ3v) is 4.54. The van der Waals surface area contributed by atoms with E-state index < -0.39 is 0 Å². The van der Waals surface area contributed by atoms with E-state index in [2.05, 4.69) is 5.32 Å². The zero-order chi connectivity index (χ0) is 12.5. The van der Waals surface area contributed by atoms with E-state index >= 15 is 0 Å². The van der Waals surface area contributed by atoms with Crippen molar-refractivity contribution in [1.82, 2.24) is 5.32 Å². The van der Waals surface area contributed by atoms with Gasteiger partial charge in [0.25, 0.3) is 5.91 Å². The van der Waals surface area contributed by atoms with E-state index in [4.69, 9.17) is 0 Å². The summed E-state index contributed by atoms with van der Waals surface area (Å²) in [6, 6.07) is 6.41. The molecule has 3 unspecified atom stereocenters. The second-order valence-electron chi connectivity index (χ2n) is 5.69. The number of fused-ring (bicyclic) bond motifs is 2. The molecule has 0 aromatic heterocycles. The Morgan fingerprint density at radius 3 is 2.61 bits per heavy atom. The van der Waals surface area contributed by atoms with Crippen molar-refractivity contribution in [3.63, 3.8) is 0 Å². The number of rotatable bonds is 3. The Labute approximate surface area is 107 Å². The first-order chi connectivity index (χ1) is 8.72. The van der Waals surface area contributed by atoms with Crippen molar-refractivity contribution in [2.75, 3.05) is 6.54 Å². The van der Waals surface area contributed by atoms with Gasteiger partial charge in [-0.15, -0.1) is 0 Å². The van der Waals surface area contributed by atoms with Crippen LogP contribution in [0.1, 0.15) is 36.0 Å². The first kappa shape index (κ1) is 11.6. The van der Waals surface area contributed by atoms with Gasteiger partial charge in [0.1, 0.15) is 5.75 Å². The highest BCUT2D eigenvalue weighted by atomic mass is 16.3. The van der Waals surface area contributed by atoms with Crippen molar-refractivity contribution >= 4 is 5.91 Å². The lowest BCUT2D eigenvalue weighted by Crippen LogP contribution is -2.31. The SMILES string of the molecule is O=C(NCC1CC2CCC1C2)c1ccc(O)cc1. The highest BCUT2D eigenvalue weighted by Crippen LogP contribution is 2.47. The Kier molecular flexibility index (Phi) is 2.98. The van der Waals surface area contributed by atoms with Crippen molar-refractivity contribution in [3.8, 4) is 5.75 Å². The predicted octanol–water partition coefficient (Wildman–Crippen LogP) is 2.56. The normalized spacial score (nSPS) is 29.4. The highest BCUT2D eigenvalue weighted by molar-refractivity contribution is 5.94. The predicted molar refractivity (Wildman–Crippen MR) is 69.4 cm³/mol. The molecule has 2 bridgehead atoms. The lowest BCUT2D eigenvalue weighted by molar-refractivity contribution is 0.0942. The van der Waals surface area contributed by atoms with Crippen molar-refractivity contribution in [2.45, 2.75) is 25.7 Å². The Morgan fingerprint density at radius 2 is 2.00 bits per heavy atom. The molecule has 3 nitrogen and oxygen atoms in total. The summed E-state index contributed by atoms with van der Waals surface area (Å²) in [5.41, 5.74) is 0.621. The van der Waals surface area contributed by atoms with E-state index in [0.29, 0.717) is 11.5 Å². The minimum Gasteiger partial charge on any atom is -0.508 e. The molecule has 96 valence electrons. The molecule has 3 heteroatoms. The summed E-state index contributed by atoms with van der Waals surface area (Å²) in [7, 11) is 0. The van der Waals surface area contributed by atoms with Gasteiger partial charge >= 0.3 is 0 Å². The van der Waals surface area contributed by atoms with Crippen LogP contribution in [0.5, 0.6) is 5.75 Å². The number of nitrogens with one attached hydrogen (secondary N) is 1. The van der Waals surface area contributed by atoms with Crippen LogP contribution in [-0.4, -0.2) is 17.6 Å². The summed E-state index contributed by atoms with van der Waals surface area (Å²) in [5, 5.41) is 12.2. The first-order valence-electron chi connectivity index (χ1n) is 6.79. The molecule has 0 aliphatic heterocycles. The van der Waals surface area contributed by atoms with Crippen LogP contribution >= 0.6 is 0 Å². The molecule has 0 spiro atoms. The molecule has 2 fully saturated rings. The fourth-order valence-electron chi connectivity index (χ4n) is 3.57. The molecule has 18 heavy (non-hydrogen) atoms. The molecule has 1 aromatic rings. The van der Waals surface area contributed by atoms with Gasteiger partial charge in [-0.05, 0) is 61.3 Å². The van der Waals surface area contributed by atoms with Crippen LogP contribution < -0.4 is 5.32 Å². The summed E-state index contributed by atoms with van der Waals surface area (Å²) in [5.74, 6) is 2.61. The lowest BCUT2D eigenvalue weighted by atomic mass is 9.89. The van der Waals surface area contributed by atoms with Crippen LogP contribution in [0.25, 0.3) is 0 Å². The van der Waals surface area contributed by atoms with E-state index in [9.17, 15) is 9.90 Å². The molecule has 2 saturated carbocycles. The van der Waals surface area contributed by atoms with Gasteiger partial charge in [0.15, 0.2) is 0 Å². The average molecular weight is 245 g/mol. The molecule has 0 heterocycles. The Hall–Kier alpha value is -1.51. The average Bonchev–Trinajstić information content (AvgIpc) is 2.99. The molecular weight excluding hydrogens is 226 g/mol.